The van der Waals surface area contributed by atoms with Gasteiger partial charge in [0.25, 0.3) is 11.8 Å². The molecule has 10 heteroatoms. The van der Waals surface area contributed by atoms with E-state index in [0.717, 1.165) is 16.0 Å². The van der Waals surface area contributed by atoms with Crippen LogP contribution in [0.2, 0.25) is 0 Å². The summed E-state index contributed by atoms with van der Waals surface area (Å²) < 4.78 is 13.2. The molecule has 1 unspecified atom stereocenters. The highest BCUT2D eigenvalue weighted by Crippen LogP contribution is 2.25. The van der Waals surface area contributed by atoms with Gasteiger partial charge < -0.3 is 9.80 Å². The smallest absolute Gasteiger partial charge is 0.257 e. The number of aromatic nitrogens is 1. The van der Waals surface area contributed by atoms with Gasteiger partial charge in [0, 0.05) is 60.2 Å². The van der Waals surface area contributed by atoms with E-state index in [0.29, 0.717) is 47.3 Å². The third kappa shape index (κ3) is 6.99. The third-order valence-electron chi connectivity index (χ3n) is 6.78. The summed E-state index contributed by atoms with van der Waals surface area (Å²) in [6, 6.07) is 12.8. The standard InChI is InChI=1S/C29H34N4O4S2/c1-19-6-11-24(16-25(19)27(36)33-14-12-32(13-15-33)20(2)34)39(37)18-23-17-30-28(38-23)31-26(35)21-7-9-22(10-8-21)29(3,4)5/h6-11,16-17H,12-15,18H2,1-5H3,(H,30,31,35). The number of aryl methyl sites for hydroxylation is 1. The number of amides is 3. The fourth-order valence-electron chi connectivity index (χ4n) is 4.30. The zero-order valence-corrected chi connectivity index (χ0v) is 24.6. The van der Waals surface area contributed by atoms with Crippen molar-refractivity contribution in [3.63, 3.8) is 0 Å². The van der Waals surface area contributed by atoms with Gasteiger partial charge in [-0.05, 0) is 47.7 Å². The van der Waals surface area contributed by atoms with E-state index in [1.807, 2.05) is 25.1 Å². The molecule has 39 heavy (non-hydrogen) atoms. The van der Waals surface area contributed by atoms with Gasteiger partial charge in [0.1, 0.15) is 0 Å². The molecule has 3 aromatic rings. The number of carbonyl (C=O) groups excluding carboxylic acids is 3. The van der Waals surface area contributed by atoms with Gasteiger partial charge in [0.05, 0.1) is 16.6 Å². The van der Waals surface area contributed by atoms with E-state index in [-0.39, 0.29) is 28.9 Å². The van der Waals surface area contributed by atoms with Gasteiger partial charge in [0.2, 0.25) is 5.91 Å². The number of thiazole rings is 1. The second-order valence-corrected chi connectivity index (χ2v) is 13.2. The van der Waals surface area contributed by atoms with Crippen LogP contribution in [0, 0.1) is 6.92 Å². The van der Waals surface area contributed by atoms with Gasteiger partial charge in [0.15, 0.2) is 5.13 Å². The van der Waals surface area contributed by atoms with E-state index < -0.39 is 10.8 Å². The number of nitrogens with one attached hydrogen (secondary N) is 1. The van der Waals surface area contributed by atoms with E-state index in [1.165, 1.54) is 18.3 Å². The van der Waals surface area contributed by atoms with E-state index >= 15 is 0 Å². The molecule has 1 aliphatic heterocycles. The molecule has 1 saturated heterocycles. The molecule has 0 radical (unpaired) electrons. The zero-order valence-electron chi connectivity index (χ0n) is 22.9. The lowest BCUT2D eigenvalue weighted by Gasteiger charge is -2.34. The van der Waals surface area contributed by atoms with Crippen molar-refractivity contribution in [1.29, 1.82) is 0 Å². The largest absolute Gasteiger partial charge is 0.339 e. The Morgan fingerprint density at radius 1 is 1.00 bits per heavy atom. The Morgan fingerprint density at radius 3 is 2.26 bits per heavy atom. The number of carbonyl (C=O) groups is 3. The lowest BCUT2D eigenvalue weighted by molar-refractivity contribution is -0.130. The fourth-order valence-corrected chi connectivity index (χ4v) is 6.43. The van der Waals surface area contributed by atoms with Crippen molar-refractivity contribution in [3.05, 3.63) is 75.8 Å². The minimum Gasteiger partial charge on any atom is -0.339 e. The van der Waals surface area contributed by atoms with E-state index in [4.69, 9.17) is 0 Å². The minimum atomic E-state index is -1.40. The number of hydrogen-bond acceptors (Lipinski definition) is 6. The first kappa shape index (κ1) is 28.6. The fraction of sp³-hybridized carbons (Fsp3) is 0.379. The van der Waals surface area contributed by atoms with Crippen molar-refractivity contribution in [2.24, 2.45) is 0 Å². The summed E-state index contributed by atoms with van der Waals surface area (Å²) in [5, 5.41) is 3.26. The third-order valence-corrected chi connectivity index (χ3v) is 9.22. The van der Waals surface area contributed by atoms with Crippen LogP contribution in [-0.2, 0) is 26.8 Å². The number of rotatable bonds is 6. The van der Waals surface area contributed by atoms with Crippen molar-refractivity contribution in [2.45, 2.75) is 50.7 Å². The number of hydrogen-bond donors (Lipinski definition) is 1. The van der Waals surface area contributed by atoms with Crippen LogP contribution in [-0.4, -0.2) is 62.9 Å². The molecule has 0 bridgehead atoms. The number of anilines is 1. The van der Waals surface area contributed by atoms with E-state index in [2.05, 4.69) is 31.1 Å². The molecular formula is C29H34N4O4S2. The van der Waals surface area contributed by atoms with Crippen molar-refractivity contribution in [1.82, 2.24) is 14.8 Å². The first-order valence-electron chi connectivity index (χ1n) is 12.8. The maximum absolute atomic E-state index is 13.2. The molecule has 2 heterocycles. The van der Waals surface area contributed by atoms with Crippen LogP contribution >= 0.6 is 11.3 Å². The molecule has 3 amide bonds. The Bertz CT molecular complexity index is 1400. The summed E-state index contributed by atoms with van der Waals surface area (Å²) in [5.41, 5.74) is 3.03. The highest BCUT2D eigenvalue weighted by Gasteiger charge is 2.25. The zero-order chi connectivity index (χ0) is 28.3. The average Bonchev–Trinajstić information content (AvgIpc) is 3.34. The van der Waals surface area contributed by atoms with Crippen LogP contribution in [0.25, 0.3) is 0 Å². The van der Waals surface area contributed by atoms with Crippen LogP contribution in [0.15, 0.2) is 53.6 Å². The van der Waals surface area contributed by atoms with Crippen LogP contribution in [0.1, 0.15) is 64.4 Å². The topological polar surface area (TPSA) is 99.7 Å². The lowest BCUT2D eigenvalue weighted by atomic mass is 9.87. The summed E-state index contributed by atoms with van der Waals surface area (Å²) in [4.78, 5) is 46.6. The maximum atomic E-state index is 13.2. The predicted octanol–water partition coefficient (Wildman–Crippen LogP) is 4.61. The summed E-state index contributed by atoms with van der Waals surface area (Å²) in [5.74, 6) is -0.130. The first-order valence-corrected chi connectivity index (χ1v) is 15.0. The number of piperazine rings is 1. The van der Waals surface area contributed by atoms with Crippen LogP contribution in [0.5, 0.6) is 0 Å². The maximum Gasteiger partial charge on any atom is 0.257 e. The Kier molecular flexibility index (Phi) is 8.66. The summed E-state index contributed by atoms with van der Waals surface area (Å²) >= 11 is 1.28. The van der Waals surface area contributed by atoms with Gasteiger partial charge >= 0.3 is 0 Å². The van der Waals surface area contributed by atoms with Gasteiger partial charge in [-0.1, -0.05) is 39.0 Å². The molecule has 8 nitrogen and oxygen atoms in total. The van der Waals surface area contributed by atoms with E-state index in [9.17, 15) is 18.6 Å². The molecule has 1 aromatic heterocycles. The second kappa shape index (κ2) is 11.8. The van der Waals surface area contributed by atoms with Crippen LogP contribution < -0.4 is 5.32 Å². The Labute approximate surface area is 235 Å². The molecule has 4 rings (SSSR count). The van der Waals surface area contributed by atoms with Gasteiger partial charge in [-0.3, -0.25) is 23.9 Å². The van der Waals surface area contributed by atoms with Gasteiger partial charge in [-0.25, -0.2) is 4.98 Å². The van der Waals surface area contributed by atoms with E-state index in [1.54, 1.807) is 40.3 Å². The molecule has 1 atom stereocenters. The molecular weight excluding hydrogens is 532 g/mol. The molecule has 2 aromatic carbocycles. The summed E-state index contributed by atoms with van der Waals surface area (Å²) in [6.07, 6.45) is 1.62. The van der Waals surface area contributed by atoms with Gasteiger partial charge in [-0.15, -0.1) is 11.3 Å². The molecule has 1 fully saturated rings. The highest BCUT2D eigenvalue weighted by atomic mass is 32.2. The molecule has 206 valence electrons. The van der Waals surface area contributed by atoms with Crippen molar-refractivity contribution in [2.75, 3.05) is 31.5 Å². The molecule has 0 spiro atoms. The number of benzene rings is 2. The lowest BCUT2D eigenvalue weighted by Crippen LogP contribution is -2.50. The molecule has 1 aliphatic rings. The SMILES string of the molecule is CC(=O)N1CCN(C(=O)c2cc(S(=O)Cc3cnc(NC(=O)c4ccc(C(C)(C)C)cc4)s3)ccc2C)CC1. The van der Waals surface area contributed by atoms with Crippen molar-refractivity contribution >= 4 is 45.0 Å². The molecule has 1 N–H and O–H groups in total. The van der Waals surface area contributed by atoms with Gasteiger partial charge in [-0.2, -0.15) is 0 Å². The monoisotopic (exact) mass is 566 g/mol. The van der Waals surface area contributed by atoms with Crippen molar-refractivity contribution < 1.29 is 18.6 Å². The molecule has 0 aliphatic carbocycles. The first-order chi connectivity index (χ1) is 18.4. The second-order valence-electron chi connectivity index (χ2n) is 10.7. The normalized spacial score (nSPS) is 14.7. The van der Waals surface area contributed by atoms with Crippen LogP contribution in [0.4, 0.5) is 5.13 Å². The predicted molar refractivity (Wildman–Crippen MR) is 155 cm³/mol. The number of nitrogens with zero attached hydrogens (tertiary/aromatic N) is 3. The molecule has 0 saturated carbocycles. The minimum absolute atomic E-state index is 0.00611. The summed E-state index contributed by atoms with van der Waals surface area (Å²) in [6.45, 7) is 11.7. The Hall–Kier alpha value is -3.37. The highest BCUT2D eigenvalue weighted by molar-refractivity contribution is 7.84. The summed E-state index contributed by atoms with van der Waals surface area (Å²) in [7, 11) is -1.40. The van der Waals surface area contributed by atoms with Crippen molar-refractivity contribution in [3.8, 4) is 0 Å². The quantitative estimate of drug-likeness (QED) is 0.470. The average molecular weight is 567 g/mol. The Morgan fingerprint density at radius 2 is 1.64 bits per heavy atom. The Balaban J connectivity index is 1.39. The van der Waals surface area contributed by atoms with Crippen LogP contribution in [0.3, 0.4) is 0 Å².